The van der Waals surface area contributed by atoms with Gasteiger partial charge in [0.15, 0.2) is 0 Å². The van der Waals surface area contributed by atoms with E-state index in [0.29, 0.717) is 17.8 Å². The third-order valence-electron chi connectivity index (χ3n) is 7.29. The predicted octanol–water partition coefficient (Wildman–Crippen LogP) is 4.89. The molecule has 1 saturated heterocycles. The number of aromatic nitrogens is 1. The molecule has 1 aliphatic heterocycles. The van der Waals surface area contributed by atoms with E-state index in [9.17, 15) is 9.90 Å². The molecule has 2 aromatic rings. The first kappa shape index (κ1) is 25.3. The Bertz CT molecular complexity index is 926. The molecule has 0 radical (unpaired) electrons. The number of carbonyl (C=O) groups excluding carboxylic acids is 1. The lowest BCUT2D eigenvalue weighted by Gasteiger charge is -2.29. The lowest BCUT2D eigenvalue weighted by molar-refractivity contribution is -0.148. The van der Waals surface area contributed by atoms with Crippen LogP contribution in [0.5, 0.6) is 5.75 Å². The normalized spacial score (nSPS) is 24.0. The van der Waals surface area contributed by atoms with E-state index in [0.717, 1.165) is 66.7 Å². The lowest BCUT2D eigenvalue weighted by atomic mass is 9.84. The van der Waals surface area contributed by atoms with Crippen LogP contribution in [0.4, 0.5) is 0 Å². The highest BCUT2D eigenvalue weighted by molar-refractivity contribution is 7.99. The molecular formula is C27H38N2O4S. The van der Waals surface area contributed by atoms with Crippen molar-refractivity contribution in [3.63, 3.8) is 0 Å². The Morgan fingerprint density at radius 3 is 2.85 bits per heavy atom. The summed E-state index contributed by atoms with van der Waals surface area (Å²) in [5, 5.41) is 15.8. The summed E-state index contributed by atoms with van der Waals surface area (Å²) >= 11 is 1.95. The maximum absolute atomic E-state index is 12.1. The summed E-state index contributed by atoms with van der Waals surface area (Å²) in [6.45, 7) is 2.30. The van der Waals surface area contributed by atoms with Gasteiger partial charge in [0.1, 0.15) is 12.4 Å². The van der Waals surface area contributed by atoms with E-state index in [2.05, 4.69) is 10.3 Å². The highest BCUT2D eigenvalue weighted by Gasteiger charge is 2.24. The number of benzene rings is 1. The number of nitrogens with zero attached hydrogens (tertiary/aromatic N) is 1. The Kier molecular flexibility index (Phi) is 9.48. The van der Waals surface area contributed by atoms with Crippen LogP contribution in [0.15, 0.2) is 30.5 Å². The second kappa shape index (κ2) is 12.8. The van der Waals surface area contributed by atoms with Crippen molar-refractivity contribution in [1.82, 2.24) is 10.3 Å². The highest BCUT2D eigenvalue weighted by Crippen LogP contribution is 2.36. The number of fused-ring (bicyclic) bond motifs is 1. The van der Waals surface area contributed by atoms with Crippen molar-refractivity contribution >= 4 is 28.6 Å². The molecule has 2 N–H and O–H groups in total. The summed E-state index contributed by atoms with van der Waals surface area (Å²) in [5.74, 6) is 2.35. The molecule has 0 bridgehead atoms. The summed E-state index contributed by atoms with van der Waals surface area (Å²) in [5.41, 5.74) is 1.82. The number of carbonyl (C=O) groups is 1. The SMILES string of the molecule is COc1ccc2nccc([C@H](O)CCC3CCC(SCCOC(=O)[C@H]4CCCNC4)CC3)c2c1. The Labute approximate surface area is 207 Å². The molecule has 7 heteroatoms. The molecule has 0 amide bonds. The summed E-state index contributed by atoms with van der Waals surface area (Å²) in [6.07, 6.45) is 9.95. The number of piperidine rings is 1. The van der Waals surface area contributed by atoms with Crippen LogP contribution < -0.4 is 10.1 Å². The standard InChI is InChI=1S/C27H38N2O4S/c1-32-21-7-10-25-24(17-21)23(12-14-29-25)26(30)11-6-19-4-8-22(9-5-19)34-16-15-33-27(31)20-3-2-13-28-18-20/h7,10,12,14,17,19-20,22,26,28,30H,2-6,8-9,11,13,15-16,18H2,1H3/t19?,20-,22?,26+/m0/s1. The van der Waals surface area contributed by atoms with Gasteiger partial charge in [0, 0.05) is 29.1 Å². The molecule has 2 fully saturated rings. The van der Waals surface area contributed by atoms with E-state index >= 15 is 0 Å². The van der Waals surface area contributed by atoms with Crippen molar-refractivity contribution in [3.05, 3.63) is 36.0 Å². The van der Waals surface area contributed by atoms with Gasteiger partial charge < -0.3 is 19.9 Å². The lowest BCUT2D eigenvalue weighted by Crippen LogP contribution is -2.35. The number of rotatable bonds is 10. The summed E-state index contributed by atoms with van der Waals surface area (Å²) in [7, 11) is 1.66. The van der Waals surface area contributed by atoms with Crippen molar-refractivity contribution in [3.8, 4) is 5.75 Å². The number of methoxy groups -OCH3 is 1. The fraction of sp³-hybridized carbons (Fsp3) is 0.630. The molecule has 186 valence electrons. The Morgan fingerprint density at radius 1 is 1.24 bits per heavy atom. The molecule has 1 aromatic heterocycles. The number of nitrogens with one attached hydrogen (secondary N) is 1. The van der Waals surface area contributed by atoms with Crippen LogP contribution in [0.25, 0.3) is 10.9 Å². The van der Waals surface area contributed by atoms with Crippen molar-refractivity contribution in [1.29, 1.82) is 0 Å². The van der Waals surface area contributed by atoms with E-state index in [1.54, 1.807) is 13.3 Å². The van der Waals surface area contributed by atoms with Gasteiger partial charge in [-0.05, 0) is 93.7 Å². The largest absolute Gasteiger partial charge is 0.497 e. The Morgan fingerprint density at radius 2 is 2.09 bits per heavy atom. The number of ether oxygens (including phenoxy) is 2. The molecule has 2 aliphatic rings. The van der Waals surface area contributed by atoms with Gasteiger partial charge in [-0.3, -0.25) is 9.78 Å². The first-order valence-electron chi connectivity index (χ1n) is 12.7. The van der Waals surface area contributed by atoms with Crippen LogP contribution in [0.3, 0.4) is 0 Å². The molecular weight excluding hydrogens is 448 g/mol. The van der Waals surface area contributed by atoms with Crippen LogP contribution >= 0.6 is 11.8 Å². The first-order chi connectivity index (χ1) is 16.6. The second-order valence-electron chi connectivity index (χ2n) is 9.60. The smallest absolute Gasteiger partial charge is 0.310 e. The Hall–Kier alpha value is -1.83. The number of aliphatic hydroxyl groups is 1. The maximum Gasteiger partial charge on any atom is 0.310 e. The van der Waals surface area contributed by atoms with Crippen LogP contribution in [-0.4, -0.2) is 53.9 Å². The maximum atomic E-state index is 12.1. The van der Waals surface area contributed by atoms with E-state index in [4.69, 9.17) is 9.47 Å². The minimum absolute atomic E-state index is 0.0320. The monoisotopic (exact) mass is 486 g/mol. The van der Waals surface area contributed by atoms with Gasteiger partial charge in [-0.1, -0.05) is 0 Å². The van der Waals surface area contributed by atoms with Crippen molar-refractivity contribution in [2.45, 2.75) is 62.7 Å². The molecule has 0 spiro atoms. The topological polar surface area (TPSA) is 80.7 Å². The predicted molar refractivity (Wildman–Crippen MR) is 137 cm³/mol. The number of aliphatic hydroxyl groups excluding tert-OH is 1. The van der Waals surface area contributed by atoms with E-state index < -0.39 is 6.10 Å². The summed E-state index contributed by atoms with van der Waals surface area (Å²) in [4.78, 5) is 16.5. The van der Waals surface area contributed by atoms with Gasteiger partial charge in [0.25, 0.3) is 0 Å². The van der Waals surface area contributed by atoms with Gasteiger partial charge in [-0.2, -0.15) is 11.8 Å². The van der Waals surface area contributed by atoms with Gasteiger partial charge in [-0.15, -0.1) is 0 Å². The van der Waals surface area contributed by atoms with Gasteiger partial charge in [0.2, 0.25) is 0 Å². The average molecular weight is 487 g/mol. The molecule has 2 heterocycles. The number of thioether (sulfide) groups is 1. The zero-order valence-electron chi connectivity index (χ0n) is 20.2. The molecule has 1 aromatic carbocycles. The first-order valence-corrected chi connectivity index (χ1v) is 13.8. The second-order valence-corrected chi connectivity index (χ2v) is 11.0. The molecule has 6 nitrogen and oxygen atoms in total. The van der Waals surface area contributed by atoms with E-state index in [1.807, 2.05) is 36.0 Å². The highest BCUT2D eigenvalue weighted by atomic mass is 32.2. The van der Waals surface area contributed by atoms with Crippen molar-refractivity contribution in [2.24, 2.45) is 11.8 Å². The molecule has 1 saturated carbocycles. The third-order valence-corrected chi connectivity index (χ3v) is 8.64. The van der Waals surface area contributed by atoms with Crippen LogP contribution in [-0.2, 0) is 9.53 Å². The minimum atomic E-state index is -0.487. The van der Waals surface area contributed by atoms with Crippen LogP contribution in [0.1, 0.15) is 63.0 Å². The molecule has 1 aliphatic carbocycles. The molecule has 34 heavy (non-hydrogen) atoms. The van der Waals surface area contributed by atoms with E-state index in [-0.39, 0.29) is 11.9 Å². The molecule has 0 unspecified atom stereocenters. The quantitative estimate of drug-likeness (QED) is 0.365. The fourth-order valence-electron chi connectivity index (χ4n) is 5.23. The van der Waals surface area contributed by atoms with Gasteiger partial charge in [-0.25, -0.2) is 0 Å². The molecule has 4 rings (SSSR count). The zero-order valence-corrected chi connectivity index (χ0v) is 21.0. The van der Waals surface area contributed by atoms with Crippen LogP contribution in [0.2, 0.25) is 0 Å². The summed E-state index contributed by atoms with van der Waals surface area (Å²) < 4.78 is 10.9. The Balaban J connectivity index is 1.15. The fourth-order valence-corrected chi connectivity index (χ4v) is 6.35. The van der Waals surface area contributed by atoms with Crippen molar-refractivity contribution in [2.75, 3.05) is 32.6 Å². The van der Waals surface area contributed by atoms with Crippen LogP contribution in [0, 0.1) is 11.8 Å². The van der Waals surface area contributed by atoms with Gasteiger partial charge >= 0.3 is 5.97 Å². The number of pyridine rings is 1. The minimum Gasteiger partial charge on any atom is -0.497 e. The van der Waals surface area contributed by atoms with Gasteiger partial charge in [0.05, 0.1) is 24.6 Å². The zero-order chi connectivity index (χ0) is 23.8. The number of esters is 1. The average Bonchev–Trinajstić information content (AvgIpc) is 2.90. The number of hydrogen-bond donors (Lipinski definition) is 2. The molecule has 2 atom stereocenters. The van der Waals surface area contributed by atoms with Crippen molar-refractivity contribution < 1.29 is 19.4 Å². The van der Waals surface area contributed by atoms with E-state index in [1.165, 1.54) is 25.7 Å². The third kappa shape index (κ3) is 6.86. The summed E-state index contributed by atoms with van der Waals surface area (Å²) in [6, 6.07) is 7.74. The number of hydrogen-bond acceptors (Lipinski definition) is 7.